The molecule has 0 aliphatic heterocycles. The molecular weight excluding hydrogens is 332 g/mol. The molecule has 0 aliphatic carbocycles. The SMILES string of the molecule is CCCC(C)Nc1ccc(S(=O)(=O)NCCCOC)cc1C(=O)O. The molecule has 1 aromatic rings. The highest BCUT2D eigenvalue weighted by Gasteiger charge is 2.19. The second-order valence-corrected chi connectivity index (χ2v) is 7.36. The second-order valence-electron chi connectivity index (χ2n) is 5.59. The molecule has 0 saturated heterocycles. The first-order valence-electron chi connectivity index (χ1n) is 7.94. The fourth-order valence-corrected chi connectivity index (χ4v) is 3.37. The molecule has 0 aliphatic rings. The Hall–Kier alpha value is -1.64. The van der Waals surface area contributed by atoms with E-state index >= 15 is 0 Å². The summed E-state index contributed by atoms with van der Waals surface area (Å²) in [6.07, 6.45) is 2.39. The molecule has 0 heterocycles. The zero-order chi connectivity index (χ0) is 18.2. The molecule has 136 valence electrons. The molecular formula is C16H26N2O5S. The number of benzene rings is 1. The normalized spacial score (nSPS) is 12.8. The van der Waals surface area contributed by atoms with Crippen LogP contribution in [-0.4, -0.2) is 45.8 Å². The molecule has 3 N–H and O–H groups in total. The number of aromatic carboxylic acids is 1. The van der Waals surface area contributed by atoms with Crippen LogP contribution in [0.15, 0.2) is 23.1 Å². The molecule has 0 spiro atoms. The Labute approximate surface area is 143 Å². The van der Waals surface area contributed by atoms with Gasteiger partial charge in [0.2, 0.25) is 10.0 Å². The van der Waals surface area contributed by atoms with Gasteiger partial charge < -0.3 is 15.2 Å². The van der Waals surface area contributed by atoms with Gasteiger partial charge in [-0.15, -0.1) is 0 Å². The topological polar surface area (TPSA) is 105 Å². The summed E-state index contributed by atoms with van der Waals surface area (Å²) >= 11 is 0. The third-order valence-electron chi connectivity index (χ3n) is 3.47. The van der Waals surface area contributed by atoms with Gasteiger partial charge in [-0.2, -0.15) is 0 Å². The fourth-order valence-electron chi connectivity index (χ4n) is 2.27. The molecule has 0 bridgehead atoms. The summed E-state index contributed by atoms with van der Waals surface area (Å²) in [6, 6.07) is 4.19. The Balaban J connectivity index is 2.98. The smallest absolute Gasteiger partial charge is 0.337 e. The first-order chi connectivity index (χ1) is 11.3. The number of carboxylic acids is 1. The summed E-state index contributed by atoms with van der Waals surface area (Å²) in [6.45, 7) is 4.67. The van der Waals surface area contributed by atoms with Crippen molar-refractivity contribution in [2.24, 2.45) is 0 Å². The average molecular weight is 358 g/mol. The zero-order valence-corrected chi connectivity index (χ0v) is 15.1. The number of sulfonamides is 1. The first-order valence-corrected chi connectivity index (χ1v) is 9.42. The highest BCUT2D eigenvalue weighted by Crippen LogP contribution is 2.22. The molecule has 0 saturated carbocycles. The van der Waals surface area contributed by atoms with Gasteiger partial charge in [0, 0.05) is 32.0 Å². The van der Waals surface area contributed by atoms with Crippen molar-refractivity contribution in [2.75, 3.05) is 25.6 Å². The highest BCUT2D eigenvalue weighted by molar-refractivity contribution is 7.89. The van der Waals surface area contributed by atoms with Crippen LogP contribution >= 0.6 is 0 Å². The minimum atomic E-state index is -3.75. The molecule has 0 amide bonds. The van der Waals surface area contributed by atoms with Crippen molar-refractivity contribution in [1.82, 2.24) is 4.72 Å². The van der Waals surface area contributed by atoms with Crippen molar-refractivity contribution in [3.8, 4) is 0 Å². The van der Waals surface area contributed by atoms with E-state index in [1.54, 1.807) is 7.11 Å². The van der Waals surface area contributed by atoms with Crippen molar-refractivity contribution in [3.05, 3.63) is 23.8 Å². The van der Waals surface area contributed by atoms with Crippen molar-refractivity contribution in [2.45, 2.75) is 44.0 Å². The van der Waals surface area contributed by atoms with E-state index < -0.39 is 16.0 Å². The number of nitrogens with one attached hydrogen (secondary N) is 2. The molecule has 24 heavy (non-hydrogen) atoms. The van der Waals surface area contributed by atoms with E-state index in [2.05, 4.69) is 10.0 Å². The molecule has 1 rings (SSSR count). The predicted molar refractivity (Wildman–Crippen MR) is 93.1 cm³/mol. The average Bonchev–Trinajstić information content (AvgIpc) is 2.51. The summed E-state index contributed by atoms with van der Waals surface area (Å²) < 4.78 is 31.8. The van der Waals surface area contributed by atoms with Crippen LogP contribution in [0.5, 0.6) is 0 Å². The number of hydrogen-bond acceptors (Lipinski definition) is 5. The van der Waals surface area contributed by atoms with Gasteiger partial charge in [0.05, 0.1) is 10.5 Å². The van der Waals surface area contributed by atoms with Gasteiger partial charge in [0.25, 0.3) is 0 Å². The van der Waals surface area contributed by atoms with E-state index in [0.29, 0.717) is 18.7 Å². The lowest BCUT2D eigenvalue weighted by molar-refractivity contribution is 0.0697. The van der Waals surface area contributed by atoms with E-state index in [0.717, 1.165) is 12.8 Å². The molecule has 8 heteroatoms. The number of anilines is 1. The summed E-state index contributed by atoms with van der Waals surface area (Å²) in [5.74, 6) is -1.17. The quantitative estimate of drug-likeness (QED) is 0.524. The number of carbonyl (C=O) groups is 1. The third kappa shape index (κ3) is 6.10. The Morgan fingerprint density at radius 2 is 2.08 bits per heavy atom. The lowest BCUT2D eigenvalue weighted by Gasteiger charge is -2.17. The molecule has 1 unspecified atom stereocenters. The van der Waals surface area contributed by atoms with Crippen LogP contribution in [0.2, 0.25) is 0 Å². The van der Waals surface area contributed by atoms with E-state index in [4.69, 9.17) is 4.74 Å². The fraction of sp³-hybridized carbons (Fsp3) is 0.562. The van der Waals surface area contributed by atoms with Crippen LogP contribution in [0, 0.1) is 0 Å². The predicted octanol–water partition coefficient (Wildman–Crippen LogP) is 2.30. The molecule has 7 nitrogen and oxygen atoms in total. The maximum absolute atomic E-state index is 12.2. The molecule has 0 radical (unpaired) electrons. The first kappa shape index (κ1) is 20.4. The van der Waals surface area contributed by atoms with E-state index in [9.17, 15) is 18.3 Å². The summed E-state index contributed by atoms with van der Waals surface area (Å²) in [7, 11) is -2.21. The van der Waals surface area contributed by atoms with Crippen molar-refractivity contribution in [1.29, 1.82) is 0 Å². The standard InChI is InChI=1S/C16H26N2O5S/c1-4-6-12(2)18-15-8-7-13(11-14(15)16(19)20)24(21,22)17-9-5-10-23-3/h7-8,11-12,17-18H,4-6,9-10H2,1-3H3,(H,19,20). The Bertz CT molecular complexity index is 646. The van der Waals surface area contributed by atoms with E-state index in [1.807, 2.05) is 13.8 Å². The molecule has 0 aromatic heterocycles. The summed E-state index contributed by atoms with van der Waals surface area (Å²) in [4.78, 5) is 11.4. The number of ether oxygens (including phenoxy) is 1. The maximum Gasteiger partial charge on any atom is 0.337 e. The van der Waals surface area contributed by atoms with Crippen LogP contribution < -0.4 is 10.0 Å². The Kier molecular flexibility index (Phi) is 8.17. The maximum atomic E-state index is 12.2. The number of hydrogen-bond donors (Lipinski definition) is 3. The van der Waals surface area contributed by atoms with Crippen LogP contribution in [0.25, 0.3) is 0 Å². The lowest BCUT2D eigenvalue weighted by Crippen LogP contribution is -2.26. The van der Waals surface area contributed by atoms with Crippen molar-refractivity contribution < 1.29 is 23.1 Å². The van der Waals surface area contributed by atoms with Crippen molar-refractivity contribution >= 4 is 21.7 Å². The number of carboxylic acid groups (broad SMARTS) is 1. The van der Waals surface area contributed by atoms with Gasteiger partial charge >= 0.3 is 5.97 Å². The highest BCUT2D eigenvalue weighted by atomic mass is 32.2. The molecule has 1 atom stereocenters. The van der Waals surface area contributed by atoms with Crippen LogP contribution in [0.1, 0.15) is 43.5 Å². The summed E-state index contributed by atoms with van der Waals surface area (Å²) in [5, 5.41) is 12.5. The van der Waals surface area contributed by atoms with Crippen LogP contribution in [0.3, 0.4) is 0 Å². The van der Waals surface area contributed by atoms with Gasteiger partial charge in [-0.05, 0) is 38.0 Å². The van der Waals surface area contributed by atoms with E-state index in [1.165, 1.54) is 18.2 Å². The zero-order valence-electron chi connectivity index (χ0n) is 14.3. The van der Waals surface area contributed by atoms with Crippen LogP contribution in [0.4, 0.5) is 5.69 Å². The number of rotatable bonds is 11. The van der Waals surface area contributed by atoms with Gasteiger partial charge in [-0.3, -0.25) is 0 Å². The number of methoxy groups -OCH3 is 1. The van der Waals surface area contributed by atoms with Crippen molar-refractivity contribution in [3.63, 3.8) is 0 Å². The van der Waals surface area contributed by atoms with E-state index in [-0.39, 0.29) is 23.0 Å². The second kappa shape index (κ2) is 9.61. The van der Waals surface area contributed by atoms with Gasteiger partial charge in [0.1, 0.15) is 0 Å². The third-order valence-corrected chi connectivity index (χ3v) is 4.93. The Morgan fingerprint density at radius 3 is 2.67 bits per heavy atom. The van der Waals surface area contributed by atoms with Crippen LogP contribution in [-0.2, 0) is 14.8 Å². The van der Waals surface area contributed by atoms with Gasteiger partial charge in [-0.25, -0.2) is 17.9 Å². The minimum Gasteiger partial charge on any atom is -0.478 e. The summed E-state index contributed by atoms with van der Waals surface area (Å²) in [5.41, 5.74) is 0.361. The Morgan fingerprint density at radius 1 is 1.38 bits per heavy atom. The monoisotopic (exact) mass is 358 g/mol. The minimum absolute atomic E-state index is 0.0577. The lowest BCUT2D eigenvalue weighted by atomic mass is 10.1. The van der Waals surface area contributed by atoms with Gasteiger partial charge in [0.15, 0.2) is 0 Å². The largest absolute Gasteiger partial charge is 0.478 e. The van der Waals surface area contributed by atoms with Gasteiger partial charge in [-0.1, -0.05) is 13.3 Å². The molecule has 0 fully saturated rings. The molecule has 1 aromatic carbocycles.